The molecule has 0 aromatic carbocycles. The molecule has 0 fully saturated rings. The van der Waals surface area contributed by atoms with Gasteiger partial charge in [-0.05, 0) is 19.1 Å². The highest BCUT2D eigenvalue weighted by Gasteiger charge is 2.03. The normalized spacial score (nSPS) is 11.9. The van der Waals surface area contributed by atoms with Crippen molar-refractivity contribution in [3.8, 4) is 6.07 Å². The first-order valence-electron chi connectivity index (χ1n) is 4.11. The number of nitrogens with one attached hydrogen (secondary N) is 1. The molecule has 1 aromatic heterocycles. The quantitative estimate of drug-likeness (QED) is 0.742. The van der Waals surface area contributed by atoms with E-state index < -0.39 is 0 Å². The van der Waals surface area contributed by atoms with Crippen LogP contribution in [0.2, 0.25) is 5.15 Å². The van der Waals surface area contributed by atoms with Gasteiger partial charge in [0.1, 0.15) is 11.0 Å². The van der Waals surface area contributed by atoms with Gasteiger partial charge in [-0.15, -0.1) is 0 Å². The second kappa shape index (κ2) is 4.80. The molecule has 0 spiro atoms. The summed E-state index contributed by atoms with van der Waals surface area (Å²) in [6, 6.07) is 4.92. The number of rotatable bonds is 3. The first-order chi connectivity index (χ1) is 6.65. The van der Waals surface area contributed by atoms with Crippen molar-refractivity contribution in [2.75, 3.05) is 11.9 Å². The largest absolute Gasteiger partial charge is 0.394 e. The van der Waals surface area contributed by atoms with Crippen LogP contribution in [0.25, 0.3) is 0 Å². The molecule has 4 nitrogen and oxygen atoms in total. The van der Waals surface area contributed by atoms with Crippen molar-refractivity contribution < 1.29 is 5.11 Å². The summed E-state index contributed by atoms with van der Waals surface area (Å²) in [7, 11) is 0. The van der Waals surface area contributed by atoms with Gasteiger partial charge in [-0.1, -0.05) is 11.6 Å². The number of nitrogens with zero attached hydrogens (tertiary/aromatic N) is 2. The smallest absolute Gasteiger partial charge is 0.132 e. The van der Waals surface area contributed by atoms with E-state index in [4.69, 9.17) is 22.0 Å². The molecule has 0 aliphatic rings. The SMILES string of the molecule is CC(CO)Nc1cc(C#N)cc(Cl)n1. The fourth-order valence-corrected chi connectivity index (χ4v) is 1.14. The maximum absolute atomic E-state index is 8.80. The summed E-state index contributed by atoms with van der Waals surface area (Å²) in [5.41, 5.74) is 0.442. The van der Waals surface area contributed by atoms with Crippen LogP contribution in [-0.4, -0.2) is 22.7 Å². The molecule has 0 aliphatic carbocycles. The molecule has 1 unspecified atom stereocenters. The van der Waals surface area contributed by atoms with Crippen LogP contribution in [0.4, 0.5) is 5.82 Å². The van der Waals surface area contributed by atoms with E-state index in [0.29, 0.717) is 11.4 Å². The highest BCUT2D eigenvalue weighted by Crippen LogP contribution is 2.14. The minimum absolute atomic E-state index is 0.00389. The van der Waals surface area contributed by atoms with Gasteiger partial charge >= 0.3 is 0 Å². The zero-order valence-electron chi connectivity index (χ0n) is 7.66. The molecule has 0 radical (unpaired) electrons. The number of pyridine rings is 1. The number of hydrogen-bond acceptors (Lipinski definition) is 4. The molecule has 1 aromatic rings. The Bertz CT molecular complexity index is 362. The Hall–Kier alpha value is -1.31. The van der Waals surface area contributed by atoms with Gasteiger partial charge in [0.15, 0.2) is 0 Å². The molecule has 1 heterocycles. The van der Waals surface area contributed by atoms with E-state index in [9.17, 15) is 0 Å². The molecule has 74 valence electrons. The molecule has 0 saturated heterocycles. The zero-order chi connectivity index (χ0) is 10.6. The molecule has 0 saturated carbocycles. The van der Waals surface area contributed by atoms with Gasteiger partial charge in [0.05, 0.1) is 18.2 Å². The Morgan fingerprint density at radius 2 is 2.43 bits per heavy atom. The third kappa shape index (κ3) is 2.87. The van der Waals surface area contributed by atoms with E-state index in [0.717, 1.165) is 0 Å². The molecule has 1 rings (SSSR count). The molecule has 14 heavy (non-hydrogen) atoms. The lowest BCUT2D eigenvalue weighted by Gasteiger charge is -2.11. The summed E-state index contributed by atoms with van der Waals surface area (Å²) < 4.78 is 0. The molecule has 0 bridgehead atoms. The van der Waals surface area contributed by atoms with Crippen molar-refractivity contribution in [3.63, 3.8) is 0 Å². The van der Waals surface area contributed by atoms with Crippen molar-refractivity contribution in [3.05, 3.63) is 22.8 Å². The highest BCUT2D eigenvalue weighted by atomic mass is 35.5. The highest BCUT2D eigenvalue weighted by molar-refractivity contribution is 6.29. The van der Waals surface area contributed by atoms with Crippen molar-refractivity contribution >= 4 is 17.4 Å². The van der Waals surface area contributed by atoms with Crippen LogP contribution in [0.15, 0.2) is 12.1 Å². The Morgan fingerprint density at radius 1 is 1.71 bits per heavy atom. The van der Waals surface area contributed by atoms with E-state index >= 15 is 0 Å². The summed E-state index contributed by atoms with van der Waals surface area (Å²) in [6.07, 6.45) is 0. The fourth-order valence-electron chi connectivity index (χ4n) is 0.933. The number of aromatic nitrogens is 1. The first kappa shape index (κ1) is 10.8. The van der Waals surface area contributed by atoms with Gasteiger partial charge in [0, 0.05) is 6.04 Å². The predicted octanol–water partition coefficient (Wildman–Crippen LogP) is 1.40. The lowest BCUT2D eigenvalue weighted by molar-refractivity contribution is 0.281. The van der Waals surface area contributed by atoms with E-state index in [1.807, 2.05) is 6.07 Å². The molecule has 2 N–H and O–H groups in total. The Kier molecular flexibility index (Phi) is 3.69. The monoisotopic (exact) mass is 211 g/mol. The van der Waals surface area contributed by atoms with E-state index in [-0.39, 0.29) is 17.8 Å². The lowest BCUT2D eigenvalue weighted by atomic mass is 10.3. The van der Waals surface area contributed by atoms with Crippen LogP contribution in [0.5, 0.6) is 0 Å². The Labute approximate surface area is 87.2 Å². The molecule has 0 amide bonds. The second-order valence-electron chi connectivity index (χ2n) is 2.90. The maximum Gasteiger partial charge on any atom is 0.132 e. The van der Waals surface area contributed by atoms with E-state index in [1.165, 1.54) is 6.07 Å². The number of aliphatic hydroxyl groups excluding tert-OH is 1. The molecular formula is C9H10ClN3O. The molecule has 5 heteroatoms. The standard InChI is InChI=1S/C9H10ClN3O/c1-6(5-14)12-9-3-7(4-11)2-8(10)13-9/h2-3,6,14H,5H2,1H3,(H,12,13). The van der Waals surface area contributed by atoms with Crippen LogP contribution in [0.3, 0.4) is 0 Å². The van der Waals surface area contributed by atoms with Gasteiger partial charge < -0.3 is 10.4 Å². The predicted molar refractivity (Wildman–Crippen MR) is 54.1 cm³/mol. The third-order valence-electron chi connectivity index (χ3n) is 1.59. The van der Waals surface area contributed by atoms with Crippen LogP contribution in [0, 0.1) is 11.3 Å². The lowest BCUT2D eigenvalue weighted by Crippen LogP contribution is -2.20. The van der Waals surface area contributed by atoms with Crippen LogP contribution in [0.1, 0.15) is 12.5 Å². The average molecular weight is 212 g/mol. The van der Waals surface area contributed by atoms with Crippen molar-refractivity contribution in [1.82, 2.24) is 4.98 Å². The summed E-state index contributed by atoms with van der Waals surface area (Å²) in [4.78, 5) is 3.96. The van der Waals surface area contributed by atoms with Gasteiger partial charge in [0.25, 0.3) is 0 Å². The van der Waals surface area contributed by atoms with E-state index in [2.05, 4.69) is 10.3 Å². The fraction of sp³-hybridized carbons (Fsp3) is 0.333. The maximum atomic E-state index is 8.80. The van der Waals surface area contributed by atoms with Crippen molar-refractivity contribution in [2.45, 2.75) is 13.0 Å². The minimum atomic E-state index is -0.118. The summed E-state index contributed by atoms with van der Waals surface area (Å²) in [5, 5.41) is 20.6. The van der Waals surface area contributed by atoms with Gasteiger partial charge in [-0.3, -0.25) is 0 Å². The molecule has 1 atom stereocenters. The van der Waals surface area contributed by atoms with Crippen LogP contribution in [-0.2, 0) is 0 Å². The van der Waals surface area contributed by atoms with E-state index in [1.54, 1.807) is 13.0 Å². The summed E-state index contributed by atoms with van der Waals surface area (Å²) >= 11 is 5.69. The first-order valence-corrected chi connectivity index (χ1v) is 4.48. The van der Waals surface area contributed by atoms with Crippen molar-refractivity contribution in [1.29, 1.82) is 5.26 Å². The van der Waals surface area contributed by atoms with Gasteiger partial charge in [-0.25, -0.2) is 4.98 Å². The topological polar surface area (TPSA) is 68.9 Å². The van der Waals surface area contributed by atoms with Crippen LogP contribution < -0.4 is 5.32 Å². The molecule has 0 aliphatic heterocycles. The summed E-state index contributed by atoms with van der Waals surface area (Å²) in [5.74, 6) is 0.496. The second-order valence-corrected chi connectivity index (χ2v) is 3.29. The Morgan fingerprint density at radius 3 is 3.00 bits per heavy atom. The Balaban J connectivity index is 2.88. The van der Waals surface area contributed by atoms with Crippen molar-refractivity contribution in [2.24, 2.45) is 0 Å². The number of nitriles is 1. The number of hydrogen-bond donors (Lipinski definition) is 2. The number of anilines is 1. The third-order valence-corrected chi connectivity index (χ3v) is 1.78. The van der Waals surface area contributed by atoms with Gasteiger partial charge in [0.2, 0.25) is 0 Å². The van der Waals surface area contributed by atoms with Gasteiger partial charge in [-0.2, -0.15) is 5.26 Å². The minimum Gasteiger partial charge on any atom is -0.394 e. The zero-order valence-corrected chi connectivity index (χ0v) is 8.41. The average Bonchev–Trinajstić information content (AvgIpc) is 2.16. The molecular weight excluding hydrogens is 202 g/mol. The number of aliphatic hydroxyl groups is 1. The van der Waals surface area contributed by atoms with Crippen LogP contribution >= 0.6 is 11.6 Å². The summed E-state index contributed by atoms with van der Waals surface area (Å²) in [6.45, 7) is 1.80. The number of halogens is 1.